The van der Waals surface area contributed by atoms with Gasteiger partial charge in [0.25, 0.3) is 17.7 Å². The molecule has 0 aliphatic carbocycles. The van der Waals surface area contributed by atoms with Crippen LogP contribution in [0.25, 0.3) is 0 Å². The van der Waals surface area contributed by atoms with E-state index in [9.17, 15) is 19.2 Å². The van der Waals surface area contributed by atoms with Crippen molar-refractivity contribution in [2.75, 3.05) is 18.5 Å². The fourth-order valence-electron chi connectivity index (χ4n) is 2.94. The summed E-state index contributed by atoms with van der Waals surface area (Å²) in [6.07, 6.45) is 0. The molecule has 1 aliphatic rings. The third-order valence-electron chi connectivity index (χ3n) is 4.29. The van der Waals surface area contributed by atoms with Gasteiger partial charge in [-0.3, -0.25) is 19.3 Å². The predicted octanol–water partition coefficient (Wildman–Crippen LogP) is 4.04. The molecule has 0 saturated carbocycles. The van der Waals surface area contributed by atoms with Crippen molar-refractivity contribution in [2.45, 2.75) is 13.8 Å². The van der Waals surface area contributed by atoms with E-state index in [4.69, 9.17) is 27.9 Å². The van der Waals surface area contributed by atoms with Gasteiger partial charge in [-0.15, -0.1) is 0 Å². The second kappa shape index (κ2) is 8.85. The van der Waals surface area contributed by atoms with Gasteiger partial charge in [0, 0.05) is 11.6 Å². The number of nitrogens with zero attached hydrogens (tertiary/aromatic N) is 1. The maximum atomic E-state index is 12.5. The van der Waals surface area contributed by atoms with E-state index in [2.05, 4.69) is 5.32 Å². The van der Waals surface area contributed by atoms with Crippen LogP contribution in [0.15, 0.2) is 36.4 Å². The standard InChI is InChI=1S/C21H18Cl2N2O5/c1-11(2)9-25-19(27)14-5-3-12(7-15(14)20(25)28)21(29)30-10-18(26)24-17-8-13(22)4-6-16(17)23/h3-8,11H,9-10H2,1-2H3,(H,24,26). The van der Waals surface area contributed by atoms with Gasteiger partial charge >= 0.3 is 5.97 Å². The van der Waals surface area contributed by atoms with Crippen molar-refractivity contribution < 1.29 is 23.9 Å². The van der Waals surface area contributed by atoms with Gasteiger partial charge in [0.05, 0.1) is 27.4 Å². The van der Waals surface area contributed by atoms with Crippen LogP contribution in [0.3, 0.4) is 0 Å². The minimum absolute atomic E-state index is 0.0647. The number of nitrogens with one attached hydrogen (secondary N) is 1. The summed E-state index contributed by atoms with van der Waals surface area (Å²) in [5, 5.41) is 3.17. The summed E-state index contributed by atoms with van der Waals surface area (Å²) in [5.41, 5.74) is 0.739. The quantitative estimate of drug-likeness (QED) is 0.531. The highest BCUT2D eigenvalue weighted by atomic mass is 35.5. The van der Waals surface area contributed by atoms with E-state index < -0.39 is 24.4 Å². The lowest BCUT2D eigenvalue weighted by Gasteiger charge is -2.15. The first kappa shape index (κ1) is 21.8. The highest BCUT2D eigenvalue weighted by Gasteiger charge is 2.36. The van der Waals surface area contributed by atoms with E-state index in [-0.39, 0.29) is 39.2 Å². The highest BCUT2D eigenvalue weighted by Crippen LogP contribution is 2.26. The molecule has 0 radical (unpaired) electrons. The first-order chi connectivity index (χ1) is 14.2. The predicted molar refractivity (Wildman–Crippen MR) is 112 cm³/mol. The number of hydrogen-bond acceptors (Lipinski definition) is 5. The zero-order chi connectivity index (χ0) is 22.0. The van der Waals surface area contributed by atoms with E-state index >= 15 is 0 Å². The SMILES string of the molecule is CC(C)CN1C(=O)c2ccc(C(=O)OCC(=O)Nc3cc(Cl)ccc3Cl)cc2C1=O. The molecule has 0 atom stereocenters. The summed E-state index contributed by atoms with van der Waals surface area (Å²) in [6.45, 7) is 3.52. The highest BCUT2D eigenvalue weighted by molar-refractivity contribution is 6.35. The van der Waals surface area contributed by atoms with E-state index in [1.807, 2.05) is 13.8 Å². The van der Waals surface area contributed by atoms with Gasteiger partial charge in [-0.1, -0.05) is 37.0 Å². The van der Waals surface area contributed by atoms with Crippen LogP contribution in [-0.2, 0) is 9.53 Å². The molecule has 1 N–H and O–H groups in total. The van der Waals surface area contributed by atoms with Gasteiger partial charge in [0.1, 0.15) is 0 Å². The van der Waals surface area contributed by atoms with Gasteiger partial charge in [0.2, 0.25) is 0 Å². The van der Waals surface area contributed by atoms with Crippen LogP contribution < -0.4 is 5.32 Å². The maximum absolute atomic E-state index is 12.5. The molecule has 1 aliphatic heterocycles. The smallest absolute Gasteiger partial charge is 0.338 e. The average Bonchev–Trinajstić information content (AvgIpc) is 2.93. The van der Waals surface area contributed by atoms with Crippen LogP contribution in [0.2, 0.25) is 10.0 Å². The van der Waals surface area contributed by atoms with E-state index in [0.29, 0.717) is 11.6 Å². The molecule has 0 aromatic heterocycles. The molecule has 3 amide bonds. The van der Waals surface area contributed by atoms with Crippen LogP contribution in [0.1, 0.15) is 44.9 Å². The number of hydrogen-bond donors (Lipinski definition) is 1. The molecule has 0 unspecified atom stereocenters. The fourth-order valence-corrected chi connectivity index (χ4v) is 3.28. The number of anilines is 1. The first-order valence-corrected chi connectivity index (χ1v) is 9.85. The number of ether oxygens (including phenoxy) is 1. The van der Waals surface area contributed by atoms with Gasteiger partial charge in [0.15, 0.2) is 6.61 Å². The maximum Gasteiger partial charge on any atom is 0.338 e. The Hall–Kier alpha value is -2.90. The van der Waals surface area contributed by atoms with Gasteiger partial charge < -0.3 is 10.1 Å². The summed E-state index contributed by atoms with van der Waals surface area (Å²) in [4.78, 5) is 50.4. The van der Waals surface area contributed by atoms with Crippen LogP contribution in [0.4, 0.5) is 5.69 Å². The van der Waals surface area contributed by atoms with Crippen molar-refractivity contribution >= 4 is 52.6 Å². The number of benzene rings is 2. The first-order valence-electron chi connectivity index (χ1n) is 9.09. The minimum atomic E-state index is -0.798. The van der Waals surface area contributed by atoms with Crippen LogP contribution in [0.5, 0.6) is 0 Å². The van der Waals surface area contributed by atoms with Gasteiger partial charge in [-0.25, -0.2) is 4.79 Å². The molecule has 30 heavy (non-hydrogen) atoms. The number of carbonyl (C=O) groups is 4. The minimum Gasteiger partial charge on any atom is -0.452 e. The molecule has 0 bridgehead atoms. The molecule has 0 fully saturated rings. The zero-order valence-corrected chi connectivity index (χ0v) is 17.7. The number of carbonyl (C=O) groups excluding carboxylic acids is 4. The summed E-state index contributed by atoms with van der Waals surface area (Å²) in [6, 6.07) is 8.67. The molecule has 9 heteroatoms. The fraction of sp³-hybridized carbons (Fsp3) is 0.238. The van der Waals surface area contributed by atoms with Gasteiger partial charge in [-0.05, 0) is 42.3 Å². The third-order valence-corrected chi connectivity index (χ3v) is 4.86. The number of rotatable bonds is 6. The second-order valence-corrected chi connectivity index (χ2v) is 7.97. The van der Waals surface area contributed by atoms with E-state index in [0.717, 1.165) is 4.90 Å². The Labute approximate surface area is 182 Å². The molecular formula is C21H18Cl2N2O5. The zero-order valence-electron chi connectivity index (χ0n) is 16.2. The van der Waals surface area contributed by atoms with E-state index in [1.54, 1.807) is 6.07 Å². The average molecular weight is 449 g/mol. The van der Waals surface area contributed by atoms with Crippen molar-refractivity contribution in [1.82, 2.24) is 4.90 Å². The van der Waals surface area contributed by atoms with Gasteiger partial charge in [-0.2, -0.15) is 0 Å². The molecule has 3 rings (SSSR count). The Morgan fingerprint density at radius 2 is 1.73 bits per heavy atom. The molecular weight excluding hydrogens is 431 g/mol. The van der Waals surface area contributed by atoms with Crippen molar-refractivity contribution in [3.8, 4) is 0 Å². The summed E-state index contributed by atoms with van der Waals surface area (Å²) >= 11 is 11.8. The Morgan fingerprint density at radius 1 is 1.03 bits per heavy atom. The Kier molecular flexibility index (Phi) is 6.43. The number of esters is 1. The van der Waals surface area contributed by atoms with Crippen LogP contribution in [-0.4, -0.2) is 41.7 Å². The molecule has 7 nitrogen and oxygen atoms in total. The number of amides is 3. The molecule has 156 valence electrons. The molecule has 0 spiro atoms. The largest absolute Gasteiger partial charge is 0.452 e. The van der Waals surface area contributed by atoms with Crippen molar-refractivity contribution in [3.05, 3.63) is 63.1 Å². The third kappa shape index (κ3) is 4.63. The topological polar surface area (TPSA) is 92.8 Å². The molecule has 1 heterocycles. The normalized spacial score (nSPS) is 12.9. The second-order valence-electron chi connectivity index (χ2n) is 7.12. The molecule has 0 saturated heterocycles. The lowest BCUT2D eigenvalue weighted by atomic mass is 10.1. The lowest BCUT2D eigenvalue weighted by Crippen LogP contribution is -2.33. The number of halogens is 2. The van der Waals surface area contributed by atoms with Crippen LogP contribution in [0, 0.1) is 5.92 Å². The Bertz CT molecular complexity index is 1050. The van der Waals surface area contributed by atoms with Crippen LogP contribution >= 0.6 is 23.2 Å². The van der Waals surface area contributed by atoms with Crippen molar-refractivity contribution in [1.29, 1.82) is 0 Å². The monoisotopic (exact) mass is 448 g/mol. The summed E-state index contributed by atoms with van der Waals surface area (Å²) in [7, 11) is 0. The van der Waals surface area contributed by atoms with Crippen molar-refractivity contribution in [2.24, 2.45) is 5.92 Å². The molecule has 2 aromatic carbocycles. The molecule has 2 aromatic rings. The Morgan fingerprint density at radius 3 is 2.43 bits per heavy atom. The summed E-state index contributed by atoms with van der Waals surface area (Å²) in [5.74, 6) is -2.13. The van der Waals surface area contributed by atoms with E-state index in [1.165, 1.54) is 30.3 Å². The lowest BCUT2D eigenvalue weighted by molar-refractivity contribution is -0.119. The Balaban J connectivity index is 1.65. The number of imide groups is 1. The number of fused-ring (bicyclic) bond motifs is 1. The van der Waals surface area contributed by atoms with Crippen molar-refractivity contribution in [3.63, 3.8) is 0 Å². The summed E-state index contributed by atoms with van der Waals surface area (Å²) < 4.78 is 5.01.